The van der Waals surface area contributed by atoms with Crippen LogP contribution in [0.4, 0.5) is 5.82 Å². The van der Waals surface area contributed by atoms with Crippen LogP contribution >= 0.6 is 11.6 Å². The Morgan fingerprint density at radius 3 is 2.35 bits per heavy atom. The molecule has 0 amide bonds. The minimum atomic E-state index is 0.557. The van der Waals surface area contributed by atoms with Crippen LogP contribution in [-0.4, -0.2) is 35.1 Å². The maximum Gasteiger partial charge on any atom is 0.135 e. The number of aromatic nitrogens is 2. The van der Waals surface area contributed by atoms with Crippen molar-refractivity contribution >= 4 is 17.4 Å². The SMILES string of the molecule is Clc1cc(N2CCC(NC3CC3)CC2)nc(C2CC2)n1. The standard InChI is InChI=1S/C15H21ClN4/c16-13-9-14(19-15(18-13)10-1-2-10)20-7-5-12(6-8-20)17-11-3-4-11/h9-12,17H,1-8H2. The zero-order valence-corrected chi connectivity index (χ0v) is 12.4. The van der Waals surface area contributed by atoms with Crippen molar-refractivity contribution in [2.24, 2.45) is 0 Å². The van der Waals surface area contributed by atoms with Gasteiger partial charge < -0.3 is 10.2 Å². The first-order valence-corrected chi connectivity index (χ1v) is 8.21. The van der Waals surface area contributed by atoms with Gasteiger partial charge in [0, 0.05) is 37.2 Å². The summed E-state index contributed by atoms with van der Waals surface area (Å²) in [6.45, 7) is 2.14. The predicted octanol–water partition coefficient (Wildman–Crippen LogP) is 2.73. The van der Waals surface area contributed by atoms with Gasteiger partial charge in [0.1, 0.15) is 16.8 Å². The third-order valence-corrected chi connectivity index (χ3v) is 4.70. The summed E-state index contributed by atoms with van der Waals surface area (Å²) in [5.41, 5.74) is 0. The fourth-order valence-electron chi connectivity index (χ4n) is 2.97. The van der Waals surface area contributed by atoms with E-state index in [1.165, 1.54) is 38.5 Å². The van der Waals surface area contributed by atoms with Crippen molar-refractivity contribution in [2.45, 2.75) is 56.5 Å². The van der Waals surface area contributed by atoms with Gasteiger partial charge in [0.15, 0.2) is 0 Å². The number of anilines is 1. The van der Waals surface area contributed by atoms with Gasteiger partial charge in [-0.25, -0.2) is 9.97 Å². The number of nitrogens with one attached hydrogen (secondary N) is 1. The van der Waals surface area contributed by atoms with Gasteiger partial charge in [-0.1, -0.05) is 11.6 Å². The number of piperidine rings is 1. The molecule has 1 aliphatic heterocycles. The third-order valence-electron chi connectivity index (χ3n) is 4.51. The lowest BCUT2D eigenvalue weighted by atomic mass is 10.1. The smallest absolute Gasteiger partial charge is 0.135 e. The Balaban J connectivity index is 1.42. The van der Waals surface area contributed by atoms with Crippen LogP contribution < -0.4 is 10.2 Å². The maximum absolute atomic E-state index is 6.16. The van der Waals surface area contributed by atoms with Gasteiger partial charge in [0.2, 0.25) is 0 Å². The Morgan fingerprint density at radius 2 is 1.70 bits per heavy atom. The predicted molar refractivity (Wildman–Crippen MR) is 80.4 cm³/mol. The minimum absolute atomic E-state index is 0.557. The quantitative estimate of drug-likeness (QED) is 0.867. The average Bonchev–Trinajstić information content (AvgIpc) is 3.33. The lowest BCUT2D eigenvalue weighted by molar-refractivity contribution is 0.411. The van der Waals surface area contributed by atoms with Crippen molar-refractivity contribution < 1.29 is 0 Å². The fourth-order valence-corrected chi connectivity index (χ4v) is 3.15. The molecule has 1 N–H and O–H groups in total. The first-order valence-electron chi connectivity index (χ1n) is 7.83. The van der Waals surface area contributed by atoms with Crippen LogP contribution in [0, 0.1) is 0 Å². The maximum atomic E-state index is 6.16. The summed E-state index contributed by atoms with van der Waals surface area (Å²) in [4.78, 5) is 11.5. The zero-order chi connectivity index (χ0) is 13.5. The Bertz CT molecular complexity index is 491. The molecule has 1 aromatic heterocycles. The highest BCUT2D eigenvalue weighted by Crippen LogP contribution is 2.39. The summed E-state index contributed by atoms with van der Waals surface area (Å²) in [6, 6.07) is 3.42. The van der Waals surface area contributed by atoms with Gasteiger partial charge in [-0.05, 0) is 38.5 Å². The molecule has 108 valence electrons. The molecule has 0 spiro atoms. The third kappa shape index (κ3) is 2.91. The van der Waals surface area contributed by atoms with Crippen LogP contribution in [0.25, 0.3) is 0 Å². The molecule has 4 rings (SSSR count). The van der Waals surface area contributed by atoms with Crippen LogP contribution in [-0.2, 0) is 0 Å². The highest BCUT2D eigenvalue weighted by molar-refractivity contribution is 6.29. The van der Waals surface area contributed by atoms with E-state index in [1.807, 2.05) is 6.07 Å². The summed E-state index contributed by atoms with van der Waals surface area (Å²) < 4.78 is 0. The number of rotatable bonds is 4. The lowest BCUT2D eigenvalue weighted by Crippen LogP contribution is -2.43. The van der Waals surface area contributed by atoms with Gasteiger partial charge in [-0.3, -0.25) is 0 Å². The Labute approximate surface area is 124 Å². The summed E-state index contributed by atoms with van der Waals surface area (Å²) in [5, 5.41) is 4.32. The molecule has 20 heavy (non-hydrogen) atoms. The molecule has 3 aliphatic rings. The first-order chi connectivity index (χ1) is 9.78. The van der Waals surface area contributed by atoms with Crippen LogP contribution in [0.5, 0.6) is 0 Å². The van der Waals surface area contributed by atoms with Gasteiger partial charge in [0.25, 0.3) is 0 Å². The highest BCUT2D eigenvalue weighted by Gasteiger charge is 2.30. The molecule has 4 nitrogen and oxygen atoms in total. The zero-order valence-electron chi connectivity index (χ0n) is 11.7. The topological polar surface area (TPSA) is 41.0 Å². The molecule has 2 saturated carbocycles. The van der Waals surface area contributed by atoms with Crippen LogP contribution in [0.15, 0.2) is 6.07 Å². The molecular formula is C15H21ClN4. The number of hydrogen-bond donors (Lipinski definition) is 1. The molecule has 0 unspecified atom stereocenters. The first kappa shape index (κ1) is 12.8. The molecule has 3 fully saturated rings. The van der Waals surface area contributed by atoms with Crippen molar-refractivity contribution in [1.29, 1.82) is 0 Å². The second-order valence-corrected chi connectivity index (χ2v) is 6.77. The lowest BCUT2D eigenvalue weighted by Gasteiger charge is -2.33. The van der Waals surface area contributed by atoms with E-state index < -0.39 is 0 Å². The van der Waals surface area contributed by atoms with Crippen LogP contribution in [0.2, 0.25) is 5.15 Å². The monoisotopic (exact) mass is 292 g/mol. The Morgan fingerprint density at radius 1 is 1.00 bits per heavy atom. The Kier molecular flexibility index (Phi) is 3.31. The van der Waals surface area contributed by atoms with Gasteiger partial charge in [-0.2, -0.15) is 0 Å². The molecule has 0 aromatic carbocycles. The van der Waals surface area contributed by atoms with Crippen LogP contribution in [0.1, 0.15) is 50.3 Å². The van der Waals surface area contributed by atoms with Gasteiger partial charge >= 0.3 is 0 Å². The molecule has 5 heteroatoms. The Hall–Kier alpha value is -0.870. The fraction of sp³-hybridized carbons (Fsp3) is 0.733. The van der Waals surface area contributed by atoms with Crippen molar-refractivity contribution in [3.05, 3.63) is 17.0 Å². The number of nitrogens with zero attached hydrogens (tertiary/aromatic N) is 3. The summed E-state index contributed by atoms with van der Waals surface area (Å²) >= 11 is 6.16. The number of halogens is 1. The van der Waals surface area contributed by atoms with E-state index in [-0.39, 0.29) is 0 Å². The normalized spacial score (nSPS) is 24.1. The second-order valence-electron chi connectivity index (χ2n) is 6.38. The van der Waals surface area contributed by atoms with E-state index in [0.717, 1.165) is 30.8 Å². The molecule has 0 bridgehead atoms. The van der Waals surface area contributed by atoms with E-state index in [0.29, 0.717) is 17.1 Å². The van der Waals surface area contributed by atoms with Crippen molar-refractivity contribution in [1.82, 2.24) is 15.3 Å². The van der Waals surface area contributed by atoms with E-state index in [9.17, 15) is 0 Å². The van der Waals surface area contributed by atoms with Crippen molar-refractivity contribution in [2.75, 3.05) is 18.0 Å². The number of hydrogen-bond acceptors (Lipinski definition) is 4. The van der Waals surface area contributed by atoms with Gasteiger partial charge in [-0.15, -0.1) is 0 Å². The molecule has 2 heterocycles. The molecule has 1 aromatic rings. The highest BCUT2D eigenvalue weighted by atomic mass is 35.5. The van der Waals surface area contributed by atoms with Gasteiger partial charge in [0.05, 0.1) is 0 Å². The second kappa shape index (κ2) is 5.15. The van der Waals surface area contributed by atoms with Crippen molar-refractivity contribution in [3.8, 4) is 0 Å². The van der Waals surface area contributed by atoms with Crippen molar-refractivity contribution in [3.63, 3.8) is 0 Å². The largest absolute Gasteiger partial charge is 0.356 e. The average molecular weight is 293 g/mol. The molecule has 2 aliphatic carbocycles. The molecule has 0 atom stereocenters. The summed E-state index contributed by atoms with van der Waals surface area (Å²) in [6.07, 6.45) is 7.58. The molecule has 1 saturated heterocycles. The summed E-state index contributed by atoms with van der Waals surface area (Å²) in [5.74, 6) is 2.53. The molecule has 0 radical (unpaired) electrons. The van der Waals surface area contributed by atoms with E-state index >= 15 is 0 Å². The molecular weight excluding hydrogens is 272 g/mol. The minimum Gasteiger partial charge on any atom is -0.356 e. The van der Waals surface area contributed by atoms with E-state index in [4.69, 9.17) is 16.6 Å². The van der Waals surface area contributed by atoms with E-state index in [2.05, 4.69) is 15.2 Å². The van der Waals surface area contributed by atoms with Crippen LogP contribution in [0.3, 0.4) is 0 Å². The van der Waals surface area contributed by atoms with E-state index in [1.54, 1.807) is 0 Å². The summed E-state index contributed by atoms with van der Waals surface area (Å²) in [7, 11) is 0.